The van der Waals surface area contributed by atoms with Gasteiger partial charge < -0.3 is 13.7 Å². The van der Waals surface area contributed by atoms with Crippen LogP contribution >= 0.6 is 15.9 Å². The predicted octanol–water partition coefficient (Wildman–Crippen LogP) is 4.40. The number of rotatable bonds is 6. The van der Waals surface area contributed by atoms with Gasteiger partial charge in [0.2, 0.25) is 0 Å². The molecule has 0 aliphatic heterocycles. The van der Waals surface area contributed by atoms with E-state index in [1.165, 1.54) is 6.21 Å². The zero-order valence-electron chi connectivity index (χ0n) is 14.0. The van der Waals surface area contributed by atoms with E-state index in [4.69, 9.17) is 8.83 Å². The van der Waals surface area contributed by atoms with Gasteiger partial charge >= 0.3 is 5.91 Å². The Bertz CT molecular complexity index is 909. The molecule has 6 nitrogen and oxygen atoms in total. The van der Waals surface area contributed by atoms with Crippen molar-refractivity contribution in [1.29, 1.82) is 0 Å². The molecule has 0 spiro atoms. The summed E-state index contributed by atoms with van der Waals surface area (Å²) in [6.07, 6.45) is 1.46. The predicted molar refractivity (Wildman–Crippen MR) is 101 cm³/mol. The molecule has 1 N–H and O–H groups in total. The van der Waals surface area contributed by atoms with E-state index in [0.717, 1.165) is 28.8 Å². The minimum absolute atomic E-state index is 0.202. The summed E-state index contributed by atoms with van der Waals surface area (Å²) in [5.74, 6) is 1.13. The summed E-state index contributed by atoms with van der Waals surface area (Å²) in [7, 11) is 0. The van der Waals surface area contributed by atoms with Crippen LogP contribution in [0.1, 0.15) is 30.2 Å². The third-order valence-electron chi connectivity index (χ3n) is 3.75. The van der Waals surface area contributed by atoms with E-state index in [0.29, 0.717) is 11.3 Å². The highest BCUT2D eigenvalue weighted by molar-refractivity contribution is 9.10. The summed E-state index contributed by atoms with van der Waals surface area (Å²) in [4.78, 5) is 14.2. The van der Waals surface area contributed by atoms with Gasteiger partial charge in [0.15, 0.2) is 11.6 Å². The Balaban J connectivity index is 1.65. The van der Waals surface area contributed by atoms with E-state index >= 15 is 0 Å². The standard InChI is InChI=1S/C18H18BrN3O3/c1-3-22(4-2)17-8-6-14(24-17)11-20-21-18(23)16-10-12-9-13(19)5-7-15(12)25-16/h5-11H,3-4H2,1-2H3,(H,21,23)/b20-11+. The van der Waals surface area contributed by atoms with Crippen LogP contribution in [-0.4, -0.2) is 25.2 Å². The Morgan fingerprint density at radius 1 is 1.20 bits per heavy atom. The summed E-state index contributed by atoms with van der Waals surface area (Å²) < 4.78 is 12.1. The summed E-state index contributed by atoms with van der Waals surface area (Å²) in [5.41, 5.74) is 3.09. The van der Waals surface area contributed by atoms with Gasteiger partial charge in [0.05, 0.1) is 6.21 Å². The lowest BCUT2D eigenvalue weighted by atomic mass is 10.2. The maximum Gasteiger partial charge on any atom is 0.307 e. The highest BCUT2D eigenvalue weighted by Gasteiger charge is 2.12. The van der Waals surface area contributed by atoms with Crippen LogP contribution in [0.5, 0.6) is 0 Å². The SMILES string of the molecule is CCN(CC)c1ccc(/C=N/NC(=O)c2cc3cc(Br)ccc3o2)o1. The van der Waals surface area contributed by atoms with Crippen molar-refractivity contribution in [1.82, 2.24) is 5.43 Å². The second-order valence-corrected chi connectivity index (χ2v) is 6.26. The van der Waals surface area contributed by atoms with E-state index in [1.54, 1.807) is 12.1 Å². The molecule has 2 heterocycles. The van der Waals surface area contributed by atoms with E-state index in [-0.39, 0.29) is 5.76 Å². The molecule has 1 amide bonds. The first kappa shape index (κ1) is 17.3. The number of benzene rings is 1. The number of furan rings is 2. The number of amides is 1. The third-order valence-corrected chi connectivity index (χ3v) is 4.24. The number of carbonyl (C=O) groups excluding carboxylic acids is 1. The van der Waals surface area contributed by atoms with Gasteiger partial charge in [-0.25, -0.2) is 5.43 Å². The first-order valence-corrected chi connectivity index (χ1v) is 8.77. The molecule has 130 valence electrons. The molecule has 0 fully saturated rings. The smallest absolute Gasteiger partial charge is 0.307 e. The van der Waals surface area contributed by atoms with E-state index in [2.05, 4.69) is 45.2 Å². The number of nitrogens with one attached hydrogen (secondary N) is 1. The summed E-state index contributed by atoms with van der Waals surface area (Å²) in [6, 6.07) is 10.9. The van der Waals surface area contributed by atoms with Crippen molar-refractivity contribution < 1.29 is 13.6 Å². The molecule has 0 unspecified atom stereocenters. The number of halogens is 1. The van der Waals surface area contributed by atoms with Crippen molar-refractivity contribution in [3.8, 4) is 0 Å². The molecule has 7 heteroatoms. The van der Waals surface area contributed by atoms with Crippen molar-refractivity contribution in [2.24, 2.45) is 5.10 Å². The van der Waals surface area contributed by atoms with Crippen LogP contribution in [0.15, 0.2) is 54.8 Å². The fraction of sp³-hybridized carbons (Fsp3) is 0.222. The number of fused-ring (bicyclic) bond motifs is 1. The Labute approximate surface area is 153 Å². The van der Waals surface area contributed by atoms with Gasteiger partial charge in [0.25, 0.3) is 0 Å². The Hall–Kier alpha value is -2.54. The first-order chi connectivity index (χ1) is 12.1. The maximum atomic E-state index is 12.1. The molecular weight excluding hydrogens is 386 g/mol. The fourth-order valence-corrected chi connectivity index (χ4v) is 2.83. The maximum absolute atomic E-state index is 12.1. The molecule has 0 saturated heterocycles. The van der Waals surface area contributed by atoms with E-state index in [1.807, 2.05) is 24.3 Å². The minimum atomic E-state index is -0.418. The zero-order chi connectivity index (χ0) is 17.8. The first-order valence-electron chi connectivity index (χ1n) is 7.98. The summed E-state index contributed by atoms with van der Waals surface area (Å²) in [5, 5.41) is 4.77. The highest BCUT2D eigenvalue weighted by atomic mass is 79.9. The Morgan fingerprint density at radius 3 is 2.76 bits per heavy atom. The number of hydrogen-bond acceptors (Lipinski definition) is 5. The minimum Gasteiger partial charge on any atom is -0.451 e. The van der Waals surface area contributed by atoms with Gasteiger partial charge in [-0.3, -0.25) is 4.79 Å². The van der Waals surface area contributed by atoms with Crippen molar-refractivity contribution in [2.45, 2.75) is 13.8 Å². The van der Waals surface area contributed by atoms with E-state index < -0.39 is 5.91 Å². The number of carbonyl (C=O) groups is 1. The molecule has 1 aromatic carbocycles. The number of hydrogen-bond donors (Lipinski definition) is 1. The van der Waals surface area contributed by atoms with Gasteiger partial charge in [-0.2, -0.15) is 5.10 Å². The monoisotopic (exact) mass is 403 g/mol. The van der Waals surface area contributed by atoms with Crippen LogP contribution in [0, 0.1) is 0 Å². The van der Waals surface area contributed by atoms with Crippen LogP contribution in [-0.2, 0) is 0 Å². The van der Waals surface area contributed by atoms with Crippen LogP contribution < -0.4 is 10.3 Å². The highest BCUT2D eigenvalue weighted by Crippen LogP contribution is 2.23. The largest absolute Gasteiger partial charge is 0.451 e. The third kappa shape index (κ3) is 3.93. The van der Waals surface area contributed by atoms with Crippen molar-refractivity contribution in [3.63, 3.8) is 0 Å². The molecule has 0 saturated carbocycles. The molecular formula is C18H18BrN3O3. The molecule has 0 radical (unpaired) electrons. The van der Waals surface area contributed by atoms with Gasteiger partial charge in [-0.15, -0.1) is 0 Å². The van der Waals surface area contributed by atoms with Crippen LogP contribution in [0.4, 0.5) is 5.88 Å². The van der Waals surface area contributed by atoms with Gasteiger partial charge in [-0.1, -0.05) is 15.9 Å². The summed E-state index contributed by atoms with van der Waals surface area (Å²) in [6.45, 7) is 5.84. The second-order valence-electron chi connectivity index (χ2n) is 5.34. The number of anilines is 1. The normalized spacial score (nSPS) is 11.3. The average molecular weight is 404 g/mol. The average Bonchev–Trinajstić information content (AvgIpc) is 3.22. The Kier molecular flexibility index (Phi) is 5.23. The van der Waals surface area contributed by atoms with Gasteiger partial charge in [0, 0.05) is 29.0 Å². The number of nitrogens with zero attached hydrogens (tertiary/aromatic N) is 2. The fourth-order valence-electron chi connectivity index (χ4n) is 2.45. The van der Waals surface area contributed by atoms with Crippen LogP contribution in [0.25, 0.3) is 11.0 Å². The zero-order valence-corrected chi connectivity index (χ0v) is 15.5. The molecule has 0 aliphatic carbocycles. The van der Waals surface area contributed by atoms with Crippen LogP contribution in [0.3, 0.4) is 0 Å². The molecule has 3 aromatic rings. The molecule has 3 rings (SSSR count). The summed E-state index contributed by atoms with van der Waals surface area (Å²) >= 11 is 3.39. The lowest BCUT2D eigenvalue weighted by molar-refractivity contribution is 0.0929. The van der Waals surface area contributed by atoms with Crippen molar-refractivity contribution in [2.75, 3.05) is 18.0 Å². The van der Waals surface area contributed by atoms with Crippen LogP contribution in [0.2, 0.25) is 0 Å². The number of hydrazone groups is 1. The second kappa shape index (κ2) is 7.57. The molecule has 25 heavy (non-hydrogen) atoms. The topological polar surface area (TPSA) is 71.0 Å². The quantitative estimate of drug-likeness (QED) is 0.489. The van der Waals surface area contributed by atoms with Crippen molar-refractivity contribution >= 4 is 44.9 Å². The molecule has 0 aliphatic rings. The van der Waals surface area contributed by atoms with E-state index in [9.17, 15) is 4.79 Å². The molecule has 2 aromatic heterocycles. The Morgan fingerprint density at radius 2 is 2.00 bits per heavy atom. The van der Waals surface area contributed by atoms with Crippen molar-refractivity contribution in [3.05, 3.63) is 52.4 Å². The lowest BCUT2D eigenvalue weighted by Crippen LogP contribution is -2.20. The lowest BCUT2D eigenvalue weighted by Gasteiger charge is -2.16. The molecule has 0 bridgehead atoms. The van der Waals surface area contributed by atoms with Gasteiger partial charge in [0.1, 0.15) is 11.3 Å². The molecule has 0 atom stereocenters. The van der Waals surface area contributed by atoms with Gasteiger partial charge in [-0.05, 0) is 44.2 Å².